The summed E-state index contributed by atoms with van der Waals surface area (Å²) in [5.74, 6) is 0.723. The van der Waals surface area contributed by atoms with Crippen LogP contribution in [-0.4, -0.2) is 15.0 Å². The Morgan fingerprint density at radius 1 is 0.333 bits per heavy atom. The second kappa shape index (κ2) is 9.77. The maximum Gasteiger partial charge on any atom is 0.160 e. The van der Waals surface area contributed by atoms with Gasteiger partial charge in [0.25, 0.3) is 0 Å². The molecule has 0 atom stereocenters. The van der Waals surface area contributed by atoms with E-state index in [9.17, 15) is 0 Å². The summed E-state index contributed by atoms with van der Waals surface area (Å²) in [6, 6.07) is 43.7. The number of hydrogen-bond donors (Lipinski definition) is 0. The average Bonchev–Trinajstić information content (AvgIpc) is 2.98. The monoisotopic (exact) mass is 461 g/mol. The Kier molecular flexibility index (Phi) is 5.87. The Bertz CT molecular complexity index is 1540. The quantitative estimate of drug-likeness (QED) is 0.260. The molecular formula is C33H23N3. The van der Waals surface area contributed by atoms with Crippen molar-refractivity contribution in [1.82, 2.24) is 15.0 Å². The molecule has 0 aliphatic heterocycles. The third-order valence-electron chi connectivity index (χ3n) is 6.22. The van der Waals surface area contributed by atoms with Crippen LogP contribution in [0.4, 0.5) is 0 Å². The molecule has 0 radical (unpaired) electrons. The van der Waals surface area contributed by atoms with Crippen molar-refractivity contribution in [2.45, 2.75) is 0 Å². The van der Waals surface area contributed by atoms with Crippen LogP contribution in [0.15, 0.2) is 140 Å². The van der Waals surface area contributed by atoms with Crippen LogP contribution in [0, 0.1) is 0 Å². The van der Waals surface area contributed by atoms with E-state index in [1.165, 1.54) is 11.1 Å². The minimum absolute atomic E-state index is 0.723. The van der Waals surface area contributed by atoms with Gasteiger partial charge < -0.3 is 0 Å². The lowest BCUT2D eigenvalue weighted by atomic mass is 9.98. The van der Waals surface area contributed by atoms with Crippen LogP contribution < -0.4 is 0 Å². The highest BCUT2D eigenvalue weighted by Crippen LogP contribution is 2.30. The van der Waals surface area contributed by atoms with Gasteiger partial charge >= 0.3 is 0 Å². The first-order valence-electron chi connectivity index (χ1n) is 11.9. The van der Waals surface area contributed by atoms with Crippen LogP contribution in [0.5, 0.6) is 0 Å². The van der Waals surface area contributed by atoms with E-state index in [0.29, 0.717) is 0 Å². The van der Waals surface area contributed by atoms with E-state index < -0.39 is 0 Å². The molecule has 0 aliphatic carbocycles. The van der Waals surface area contributed by atoms with Gasteiger partial charge in [0.2, 0.25) is 0 Å². The summed E-state index contributed by atoms with van der Waals surface area (Å²) in [7, 11) is 0. The van der Waals surface area contributed by atoms with Crippen molar-refractivity contribution in [1.29, 1.82) is 0 Å². The largest absolute Gasteiger partial charge is 0.265 e. The summed E-state index contributed by atoms with van der Waals surface area (Å²) < 4.78 is 0. The molecule has 0 aliphatic rings. The predicted octanol–water partition coefficient (Wildman–Crippen LogP) is 8.21. The summed E-state index contributed by atoms with van der Waals surface area (Å²) in [4.78, 5) is 14.0. The highest BCUT2D eigenvalue weighted by Gasteiger charge is 2.11. The van der Waals surface area contributed by atoms with Gasteiger partial charge in [-0.15, -0.1) is 0 Å². The van der Waals surface area contributed by atoms with Crippen molar-refractivity contribution in [2.75, 3.05) is 0 Å². The molecular weight excluding hydrogens is 438 g/mol. The molecule has 0 spiro atoms. The third kappa shape index (κ3) is 4.55. The normalized spacial score (nSPS) is 10.8. The molecule has 0 bridgehead atoms. The molecule has 6 rings (SSSR count). The second-order valence-electron chi connectivity index (χ2n) is 8.59. The summed E-state index contributed by atoms with van der Waals surface area (Å²) in [6.07, 6.45) is 3.65. The first kappa shape index (κ1) is 21.6. The van der Waals surface area contributed by atoms with E-state index in [0.717, 1.165) is 45.0 Å². The van der Waals surface area contributed by atoms with Crippen LogP contribution in [0.3, 0.4) is 0 Å². The van der Waals surface area contributed by atoms with Gasteiger partial charge in [-0.3, -0.25) is 4.98 Å². The van der Waals surface area contributed by atoms with Crippen LogP contribution in [0.2, 0.25) is 0 Å². The van der Waals surface area contributed by atoms with Gasteiger partial charge in [-0.25, -0.2) is 9.97 Å². The van der Waals surface area contributed by atoms with Crippen molar-refractivity contribution in [3.63, 3.8) is 0 Å². The highest BCUT2D eigenvalue weighted by atomic mass is 14.9. The third-order valence-corrected chi connectivity index (χ3v) is 6.22. The van der Waals surface area contributed by atoms with E-state index in [1.807, 2.05) is 73.1 Å². The van der Waals surface area contributed by atoms with Crippen LogP contribution >= 0.6 is 0 Å². The minimum atomic E-state index is 0.723. The fraction of sp³-hybridized carbons (Fsp3) is 0. The highest BCUT2D eigenvalue weighted by molar-refractivity contribution is 5.76. The first-order valence-corrected chi connectivity index (χ1v) is 11.9. The molecule has 0 unspecified atom stereocenters. The van der Waals surface area contributed by atoms with Crippen molar-refractivity contribution in [3.05, 3.63) is 140 Å². The Balaban J connectivity index is 1.38. The van der Waals surface area contributed by atoms with Crippen molar-refractivity contribution in [2.24, 2.45) is 0 Å². The van der Waals surface area contributed by atoms with E-state index in [2.05, 4.69) is 71.7 Å². The minimum Gasteiger partial charge on any atom is -0.265 e. The zero-order chi connectivity index (χ0) is 24.2. The standard InChI is InChI=1S/C33H23N3/c1-3-8-26(9-4-1)31-23-32(36-33(35-31)28-10-5-2-6-11-28)27-16-14-24(15-17-27)29-12-7-13-30(22-29)25-18-20-34-21-19-25/h1-23H. The lowest BCUT2D eigenvalue weighted by molar-refractivity contribution is 1.18. The van der Waals surface area contributed by atoms with Crippen LogP contribution in [-0.2, 0) is 0 Å². The van der Waals surface area contributed by atoms with Gasteiger partial charge in [0.05, 0.1) is 11.4 Å². The van der Waals surface area contributed by atoms with Gasteiger partial charge in [0, 0.05) is 29.1 Å². The summed E-state index contributed by atoms with van der Waals surface area (Å²) >= 11 is 0. The SMILES string of the molecule is c1ccc(-c2cc(-c3ccc(-c4cccc(-c5ccncc5)c4)cc3)nc(-c3ccccc3)n2)cc1. The van der Waals surface area contributed by atoms with Crippen LogP contribution in [0.1, 0.15) is 0 Å². The first-order chi connectivity index (χ1) is 17.8. The molecule has 3 nitrogen and oxygen atoms in total. The molecule has 2 aromatic heterocycles. The zero-order valence-corrected chi connectivity index (χ0v) is 19.6. The number of pyridine rings is 1. The zero-order valence-electron chi connectivity index (χ0n) is 19.6. The maximum atomic E-state index is 4.94. The number of nitrogens with zero attached hydrogens (tertiary/aromatic N) is 3. The van der Waals surface area contributed by atoms with Crippen molar-refractivity contribution in [3.8, 4) is 56.2 Å². The van der Waals surface area contributed by atoms with E-state index in [4.69, 9.17) is 9.97 Å². The maximum absolute atomic E-state index is 4.94. The Morgan fingerprint density at radius 3 is 1.42 bits per heavy atom. The Hall–Kier alpha value is -4.89. The summed E-state index contributed by atoms with van der Waals surface area (Å²) in [5, 5.41) is 0. The summed E-state index contributed by atoms with van der Waals surface area (Å²) in [5.41, 5.74) is 9.61. The van der Waals surface area contributed by atoms with Crippen molar-refractivity contribution < 1.29 is 0 Å². The van der Waals surface area contributed by atoms with Gasteiger partial charge in [-0.05, 0) is 46.5 Å². The van der Waals surface area contributed by atoms with Crippen LogP contribution in [0.25, 0.3) is 56.2 Å². The number of hydrogen-bond acceptors (Lipinski definition) is 3. The molecule has 6 aromatic rings. The molecule has 3 heteroatoms. The van der Waals surface area contributed by atoms with E-state index in [-0.39, 0.29) is 0 Å². The Morgan fingerprint density at radius 2 is 0.806 bits per heavy atom. The average molecular weight is 462 g/mol. The molecule has 0 saturated carbocycles. The molecule has 0 N–H and O–H groups in total. The van der Waals surface area contributed by atoms with Crippen molar-refractivity contribution >= 4 is 0 Å². The summed E-state index contributed by atoms with van der Waals surface area (Å²) in [6.45, 7) is 0. The lowest BCUT2D eigenvalue weighted by Crippen LogP contribution is -1.95. The topological polar surface area (TPSA) is 38.7 Å². The Labute approximate surface area is 210 Å². The lowest BCUT2D eigenvalue weighted by Gasteiger charge is -2.10. The van der Waals surface area contributed by atoms with E-state index >= 15 is 0 Å². The smallest absolute Gasteiger partial charge is 0.160 e. The molecule has 2 heterocycles. The second-order valence-corrected chi connectivity index (χ2v) is 8.59. The van der Waals surface area contributed by atoms with E-state index in [1.54, 1.807) is 0 Å². The molecule has 0 fully saturated rings. The molecule has 170 valence electrons. The van der Waals surface area contributed by atoms with Gasteiger partial charge in [-0.1, -0.05) is 103 Å². The number of rotatable bonds is 5. The fourth-order valence-corrected chi connectivity index (χ4v) is 4.32. The van der Waals surface area contributed by atoms with Gasteiger partial charge in [0.1, 0.15) is 0 Å². The number of benzene rings is 4. The fourth-order valence-electron chi connectivity index (χ4n) is 4.32. The molecule has 4 aromatic carbocycles. The van der Waals surface area contributed by atoms with Gasteiger partial charge in [0.15, 0.2) is 5.82 Å². The predicted molar refractivity (Wildman–Crippen MR) is 147 cm³/mol. The molecule has 36 heavy (non-hydrogen) atoms. The number of aromatic nitrogens is 3. The molecule has 0 amide bonds. The molecule has 0 saturated heterocycles. The van der Waals surface area contributed by atoms with Gasteiger partial charge in [-0.2, -0.15) is 0 Å².